The fraction of sp³-hybridized carbons (Fsp3) is 0.474. The SMILES string of the molecule is Nc1cc2cc(C(O)(C(F)(F)F)C(F)(F)F)c(N)c(C(O)(C(F)(F)F)C(F)(F)F)c2cc1C(O)(C(F)(F)F)C(F)(F)F. The Morgan fingerprint density at radius 3 is 1.05 bits per heavy atom. The highest BCUT2D eigenvalue weighted by Crippen LogP contribution is 2.59. The lowest BCUT2D eigenvalue weighted by Crippen LogP contribution is -2.56. The van der Waals surface area contributed by atoms with E-state index in [9.17, 15) is 94.3 Å². The molecule has 23 heteroatoms. The minimum absolute atomic E-state index is 0.583. The van der Waals surface area contributed by atoms with E-state index in [1.165, 1.54) is 0 Å². The molecule has 0 fully saturated rings. The van der Waals surface area contributed by atoms with Crippen LogP contribution in [0.3, 0.4) is 0 Å². The lowest BCUT2D eigenvalue weighted by molar-refractivity contribution is -0.378. The van der Waals surface area contributed by atoms with E-state index in [0.717, 1.165) is 0 Å². The van der Waals surface area contributed by atoms with Crippen molar-refractivity contribution in [2.45, 2.75) is 53.9 Å². The average Bonchev–Trinajstić information content (AvgIpc) is 2.72. The summed E-state index contributed by atoms with van der Waals surface area (Å²) >= 11 is 0. The number of halogens is 18. The van der Waals surface area contributed by atoms with Crippen LogP contribution in [0, 0.1) is 0 Å². The Morgan fingerprint density at radius 2 is 0.738 bits per heavy atom. The van der Waals surface area contributed by atoms with Crippen LogP contribution in [-0.4, -0.2) is 52.4 Å². The minimum Gasteiger partial charge on any atom is -0.398 e. The molecule has 0 amide bonds. The number of anilines is 2. The first-order chi connectivity index (χ1) is 18.1. The Balaban J connectivity index is 3.50. The molecule has 0 spiro atoms. The minimum atomic E-state index is -7.29. The van der Waals surface area contributed by atoms with Crippen molar-refractivity contribution in [3.05, 3.63) is 34.9 Å². The Labute approximate surface area is 217 Å². The van der Waals surface area contributed by atoms with Gasteiger partial charge in [0.05, 0.1) is 0 Å². The standard InChI is InChI=1S/C19H10F18N2O3/c20-14(21,22)11(40,15(23,24)25)6-3-5-4(2-8(6)38)1-7(12(41,16(26,27)28)17(29,30)31)10(39)9(5)13(42,18(32,33)34)19(35,36)37/h1-3,40-42H,38-39H2. The highest BCUT2D eigenvalue weighted by Gasteiger charge is 2.76. The van der Waals surface area contributed by atoms with Gasteiger partial charge in [-0.3, -0.25) is 0 Å². The summed E-state index contributed by atoms with van der Waals surface area (Å²) in [6.07, 6.45) is -42.6. The normalized spacial score (nSPS) is 15.5. The summed E-state index contributed by atoms with van der Waals surface area (Å²) in [5.74, 6) is 0. The third kappa shape index (κ3) is 4.68. The molecular formula is C19H10F18N2O3. The molecule has 0 aliphatic carbocycles. The van der Waals surface area contributed by atoms with Crippen molar-refractivity contribution < 1.29 is 94.3 Å². The van der Waals surface area contributed by atoms with Gasteiger partial charge >= 0.3 is 37.1 Å². The Hall–Kier alpha value is -3.08. The van der Waals surface area contributed by atoms with Crippen LogP contribution < -0.4 is 11.5 Å². The van der Waals surface area contributed by atoms with Gasteiger partial charge in [-0.25, -0.2) is 0 Å². The molecule has 0 unspecified atom stereocenters. The number of alkyl halides is 18. The number of rotatable bonds is 3. The number of hydrogen-bond donors (Lipinski definition) is 5. The highest BCUT2D eigenvalue weighted by atomic mass is 19.4. The summed E-state index contributed by atoms with van der Waals surface area (Å²) in [5.41, 5.74) is -24.2. The maximum Gasteiger partial charge on any atom is 0.430 e. The molecule has 42 heavy (non-hydrogen) atoms. The van der Waals surface area contributed by atoms with E-state index >= 15 is 0 Å². The van der Waals surface area contributed by atoms with Crippen molar-refractivity contribution in [3.63, 3.8) is 0 Å². The molecule has 0 aromatic heterocycles. The summed E-state index contributed by atoms with van der Waals surface area (Å²) in [5, 5.41) is 24.6. The smallest absolute Gasteiger partial charge is 0.398 e. The Morgan fingerprint density at radius 1 is 0.429 bits per heavy atom. The summed E-state index contributed by atoms with van der Waals surface area (Å²) < 4.78 is 244. The molecular weight excluding hydrogens is 646 g/mol. The number of fused-ring (bicyclic) bond motifs is 1. The predicted octanol–water partition coefficient (Wildman–Crippen LogP) is 5.94. The van der Waals surface area contributed by atoms with Crippen molar-refractivity contribution in [2.75, 3.05) is 11.5 Å². The third-order valence-electron chi connectivity index (χ3n) is 5.95. The topological polar surface area (TPSA) is 113 Å². The number of nitrogen functional groups attached to an aromatic ring is 2. The molecule has 0 saturated heterocycles. The summed E-state index contributed by atoms with van der Waals surface area (Å²) in [7, 11) is 0. The van der Waals surface area contributed by atoms with Crippen LogP contribution in [0.1, 0.15) is 16.7 Å². The fourth-order valence-corrected chi connectivity index (χ4v) is 3.86. The predicted molar refractivity (Wildman–Crippen MR) is 101 cm³/mol. The first-order valence-electron chi connectivity index (χ1n) is 9.88. The highest BCUT2D eigenvalue weighted by molar-refractivity contribution is 5.96. The van der Waals surface area contributed by atoms with Crippen LogP contribution in [0.15, 0.2) is 18.2 Å². The van der Waals surface area contributed by atoms with Crippen molar-refractivity contribution in [3.8, 4) is 0 Å². The first kappa shape index (κ1) is 35.1. The van der Waals surface area contributed by atoms with Gasteiger partial charge in [0.25, 0.3) is 16.8 Å². The Kier molecular flexibility index (Phi) is 7.70. The molecule has 0 radical (unpaired) electrons. The largest absolute Gasteiger partial charge is 0.430 e. The van der Waals surface area contributed by atoms with Crippen LogP contribution in [0.2, 0.25) is 0 Å². The molecule has 2 aromatic rings. The van der Waals surface area contributed by atoms with Crippen molar-refractivity contribution in [1.82, 2.24) is 0 Å². The molecule has 0 saturated carbocycles. The van der Waals surface area contributed by atoms with Gasteiger partial charge in [0.2, 0.25) is 0 Å². The lowest BCUT2D eigenvalue weighted by atomic mass is 9.78. The van der Waals surface area contributed by atoms with Crippen LogP contribution >= 0.6 is 0 Å². The van der Waals surface area contributed by atoms with Crippen LogP contribution in [-0.2, 0) is 16.8 Å². The van der Waals surface area contributed by atoms with Crippen LogP contribution in [0.25, 0.3) is 10.8 Å². The number of benzene rings is 2. The molecule has 2 rings (SSSR count). The Bertz CT molecular complexity index is 1320. The van der Waals surface area contributed by atoms with Gasteiger partial charge in [-0.05, 0) is 29.0 Å². The maximum absolute atomic E-state index is 13.7. The maximum atomic E-state index is 13.7. The van der Waals surface area contributed by atoms with Gasteiger partial charge in [-0.1, -0.05) is 0 Å². The molecule has 0 heterocycles. The van der Waals surface area contributed by atoms with Gasteiger partial charge in [-0.15, -0.1) is 0 Å². The van der Waals surface area contributed by atoms with Gasteiger partial charge in [0, 0.05) is 28.1 Å². The van der Waals surface area contributed by atoms with E-state index in [1.807, 2.05) is 0 Å². The van der Waals surface area contributed by atoms with E-state index in [-0.39, 0.29) is 0 Å². The summed E-state index contributed by atoms with van der Waals surface area (Å²) in [4.78, 5) is 0. The van der Waals surface area contributed by atoms with Crippen molar-refractivity contribution >= 4 is 22.1 Å². The molecule has 7 N–H and O–H groups in total. The zero-order valence-electron chi connectivity index (χ0n) is 19.0. The molecule has 0 aliphatic heterocycles. The second-order valence-corrected chi connectivity index (χ2v) is 8.49. The van der Waals surface area contributed by atoms with Gasteiger partial charge in [0.15, 0.2) is 0 Å². The first-order valence-corrected chi connectivity index (χ1v) is 9.88. The molecule has 0 bridgehead atoms. The van der Waals surface area contributed by atoms with Gasteiger partial charge in [0.1, 0.15) is 0 Å². The van der Waals surface area contributed by atoms with E-state index < -0.39 is 111 Å². The quantitative estimate of drug-likeness (QED) is 0.208. The third-order valence-corrected chi connectivity index (χ3v) is 5.95. The van der Waals surface area contributed by atoms with Crippen molar-refractivity contribution in [2.24, 2.45) is 0 Å². The number of nitrogens with two attached hydrogens (primary N) is 2. The van der Waals surface area contributed by atoms with E-state index in [2.05, 4.69) is 0 Å². The number of aliphatic hydroxyl groups is 3. The van der Waals surface area contributed by atoms with Crippen LogP contribution in [0.4, 0.5) is 90.4 Å². The lowest BCUT2D eigenvalue weighted by Gasteiger charge is -2.38. The summed E-state index contributed by atoms with van der Waals surface area (Å²) in [6.45, 7) is 0. The van der Waals surface area contributed by atoms with Crippen LogP contribution in [0.5, 0.6) is 0 Å². The van der Waals surface area contributed by atoms with E-state index in [1.54, 1.807) is 0 Å². The van der Waals surface area contributed by atoms with E-state index in [0.29, 0.717) is 0 Å². The summed E-state index contributed by atoms with van der Waals surface area (Å²) in [6, 6.07) is -2.42. The molecule has 240 valence electrons. The monoisotopic (exact) mass is 656 g/mol. The van der Waals surface area contributed by atoms with Gasteiger partial charge < -0.3 is 26.8 Å². The van der Waals surface area contributed by atoms with Gasteiger partial charge in [-0.2, -0.15) is 79.0 Å². The molecule has 0 atom stereocenters. The second-order valence-electron chi connectivity index (χ2n) is 8.49. The molecule has 2 aromatic carbocycles. The molecule has 0 aliphatic rings. The second kappa shape index (κ2) is 9.21. The van der Waals surface area contributed by atoms with E-state index in [4.69, 9.17) is 11.5 Å². The zero-order chi connectivity index (χ0) is 33.7. The van der Waals surface area contributed by atoms with Crippen molar-refractivity contribution in [1.29, 1.82) is 0 Å². The number of hydrogen-bond acceptors (Lipinski definition) is 5. The average molecular weight is 656 g/mol. The molecule has 5 nitrogen and oxygen atoms in total. The fourth-order valence-electron chi connectivity index (χ4n) is 3.86. The zero-order valence-corrected chi connectivity index (χ0v) is 19.0.